The van der Waals surface area contributed by atoms with Crippen molar-refractivity contribution >= 4 is 15.9 Å². The van der Waals surface area contributed by atoms with E-state index < -0.39 is 0 Å². The highest BCUT2D eigenvalue weighted by Crippen LogP contribution is 2.22. The molecule has 19 heavy (non-hydrogen) atoms. The van der Waals surface area contributed by atoms with Gasteiger partial charge in [-0.3, -0.25) is 0 Å². The third-order valence-electron chi connectivity index (χ3n) is 3.52. The van der Waals surface area contributed by atoms with Crippen LogP contribution >= 0.6 is 15.9 Å². The summed E-state index contributed by atoms with van der Waals surface area (Å²) in [7, 11) is 0. The van der Waals surface area contributed by atoms with Crippen LogP contribution in [0.25, 0.3) is 0 Å². The average molecular weight is 330 g/mol. The molecule has 1 aromatic carbocycles. The summed E-state index contributed by atoms with van der Waals surface area (Å²) in [5, 5.41) is 3.52. The largest absolute Gasteiger partial charge is 0.486 e. The van der Waals surface area contributed by atoms with Crippen molar-refractivity contribution in [3.8, 4) is 5.75 Å². The number of halogens is 2. The molecule has 0 spiro atoms. The molecule has 1 saturated carbocycles. The number of rotatable bonds is 5. The summed E-state index contributed by atoms with van der Waals surface area (Å²) in [5.74, 6) is 0.0000329. The van der Waals surface area contributed by atoms with E-state index >= 15 is 0 Å². The molecule has 0 aliphatic heterocycles. The van der Waals surface area contributed by atoms with E-state index in [1.54, 1.807) is 12.1 Å². The fourth-order valence-corrected chi connectivity index (χ4v) is 2.80. The van der Waals surface area contributed by atoms with Gasteiger partial charge < -0.3 is 10.1 Å². The molecule has 106 valence electrons. The van der Waals surface area contributed by atoms with Gasteiger partial charge in [0.25, 0.3) is 0 Å². The predicted molar refractivity (Wildman–Crippen MR) is 79.1 cm³/mol. The Morgan fingerprint density at radius 1 is 1.37 bits per heavy atom. The van der Waals surface area contributed by atoms with Crippen molar-refractivity contribution in [3.05, 3.63) is 28.5 Å². The first-order chi connectivity index (χ1) is 9.15. The van der Waals surface area contributed by atoms with Crippen LogP contribution in [0.15, 0.2) is 22.7 Å². The lowest BCUT2D eigenvalue weighted by molar-refractivity contribution is 0.197. The van der Waals surface area contributed by atoms with Crippen molar-refractivity contribution < 1.29 is 9.13 Å². The Balaban J connectivity index is 1.78. The maximum absolute atomic E-state index is 13.6. The van der Waals surface area contributed by atoms with Crippen LogP contribution in [0.4, 0.5) is 4.39 Å². The second kappa shape index (κ2) is 7.25. The second-order valence-corrected chi connectivity index (χ2v) is 6.16. The molecule has 1 aliphatic rings. The monoisotopic (exact) mass is 329 g/mol. The van der Waals surface area contributed by atoms with Crippen LogP contribution in [0.2, 0.25) is 0 Å². The van der Waals surface area contributed by atoms with Crippen LogP contribution in [-0.2, 0) is 0 Å². The van der Waals surface area contributed by atoms with E-state index in [1.807, 2.05) is 6.92 Å². The first kappa shape index (κ1) is 14.8. The minimum absolute atomic E-state index is 0.0300. The molecule has 0 saturated heterocycles. The first-order valence-corrected chi connectivity index (χ1v) is 7.79. The zero-order valence-corrected chi connectivity index (χ0v) is 12.9. The zero-order valence-electron chi connectivity index (χ0n) is 11.3. The quantitative estimate of drug-likeness (QED) is 0.870. The first-order valence-electron chi connectivity index (χ1n) is 7.00. The van der Waals surface area contributed by atoms with E-state index in [1.165, 1.54) is 38.2 Å². The third-order valence-corrected chi connectivity index (χ3v) is 4.01. The smallest absolute Gasteiger partial charge is 0.166 e. The van der Waals surface area contributed by atoms with Crippen molar-refractivity contribution in [2.75, 3.05) is 6.54 Å². The lowest BCUT2D eigenvalue weighted by Gasteiger charge is -2.25. The van der Waals surface area contributed by atoms with Gasteiger partial charge >= 0.3 is 0 Å². The molecule has 1 atom stereocenters. The molecule has 1 aliphatic carbocycles. The van der Waals surface area contributed by atoms with Crippen molar-refractivity contribution in [2.45, 2.75) is 51.2 Å². The van der Waals surface area contributed by atoms with Crippen LogP contribution in [-0.4, -0.2) is 18.7 Å². The van der Waals surface area contributed by atoms with Gasteiger partial charge in [0.1, 0.15) is 6.10 Å². The van der Waals surface area contributed by atoms with Gasteiger partial charge in [0.2, 0.25) is 0 Å². The van der Waals surface area contributed by atoms with E-state index in [9.17, 15) is 4.39 Å². The molecule has 0 aromatic heterocycles. The number of nitrogens with one attached hydrogen (secondary N) is 1. The maximum atomic E-state index is 13.6. The lowest BCUT2D eigenvalue weighted by Crippen LogP contribution is -2.37. The molecule has 4 heteroatoms. The highest BCUT2D eigenvalue weighted by Gasteiger charge is 2.15. The van der Waals surface area contributed by atoms with Gasteiger partial charge in [-0.25, -0.2) is 4.39 Å². The van der Waals surface area contributed by atoms with Crippen LogP contribution in [0.3, 0.4) is 0 Å². The van der Waals surface area contributed by atoms with E-state index in [0.29, 0.717) is 11.8 Å². The second-order valence-electron chi connectivity index (χ2n) is 5.25. The van der Waals surface area contributed by atoms with E-state index in [4.69, 9.17) is 4.74 Å². The van der Waals surface area contributed by atoms with Gasteiger partial charge in [-0.2, -0.15) is 0 Å². The molecule has 0 radical (unpaired) electrons. The topological polar surface area (TPSA) is 21.3 Å². The molecule has 1 fully saturated rings. The van der Waals surface area contributed by atoms with Crippen LogP contribution in [0.1, 0.15) is 39.0 Å². The minimum Gasteiger partial charge on any atom is -0.486 e. The van der Waals surface area contributed by atoms with Gasteiger partial charge in [0, 0.05) is 17.1 Å². The molecule has 0 bridgehead atoms. The van der Waals surface area contributed by atoms with Gasteiger partial charge in [-0.05, 0) is 38.0 Å². The zero-order chi connectivity index (χ0) is 13.7. The number of hydrogen-bond donors (Lipinski definition) is 1. The number of hydrogen-bond acceptors (Lipinski definition) is 2. The van der Waals surface area contributed by atoms with Crippen molar-refractivity contribution in [3.63, 3.8) is 0 Å². The summed E-state index contributed by atoms with van der Waals surface area (Å²) in [4.78, 5) is 0. The average Bonchev–Trinajstić information content (AvgIpc) is 2.41. The van der Waals surface area contributed by atoms with E-state index in [2.05, 4.69) is 21.2 Å². The van der Waals surface area contributed by atoms with Gasteiger partial charge in [0.05, 0.1) is 0 Å². The molecule has 1 aromatic rings. The van der Waals surface area contributed by atoms with Gasteiger partial charge in [0.15, 0.2) is 11.6 Å². The summed E-state index contributed by atoms with van der Waals surface area (Å²) in [5.41, 5.74) is 0. The Kier molecular flexibility index (Phi) is 5.64. The molecular formula is C15H21BrFNO. The number of benzene rings is 1. The molecule has 1 unspecified atom stereocenters. The molecule has 2 rings (SSSR count). The van der Waals surface area contributed by atoms with Crippen LogP contribution in [0.5, 0.6) is 5.75 Å². The van der Waals surface area contributed by atoms with Gasteiger partial charge in [-0.15, -0.1) is 0 Å². The predicted octanol–water partition coefficient (Wildman–Crippen LogP) is 4.28. The Hall–Kier alpha value is -0.610. The summed E-state index contributed by atoms with van der Waals surface area (Å²) in [6.07, 6.45) is 6.45. The fraction of sp³-hybridized carbons (Fsp3) is 0.600. The molecule has 0 heterocycles. The maximum Gasteiger partial charge on any atom is 0.166 e. The van der Waals surface area contributed by atoms with Crippen LogP contribution < -0.4 is 10.1 Å². The van der Waals surface area contributed by atoms with E-state index in [0.717, 1.165) is 11.0 Å². The summed E-state index contributed by atoms with van der Waals surface area (Å²) in [6, 6.07) is 5.49. The molecular weight excluding hydrogens is 309 g/mol. The summed E-state index contributed by atoms with van der Waals surface area (Å²) in [6.45, 7) is 2.73. The Morgan fingerprint density at radius 2 is 2.11 bits per heavy atom. The highest BCUT2D eigenvalue weighted by atomic mass is 79.9. The van der Waals surface area contributed by atoms with Crippen molar-refractivity contribution in [1.82, 2.24) is 5.32 Å². The standard InChI is InChI=1S/C15H21BrFNO/c1-11(10-18-13-5-3-2-4-6-13)19-15-8-7-12(16)9-14(15)17/h7-9,11,13,18H,2-6,10H2,1H3. The SMILES string of the molecule is CC(CNC1CCCCC1)Oc1ccc(Br)cc1F. The Bertz CT molecular complexity index is 407. The lowest BCUT2D eigenvalue weighted by atomic mass is 9.95. The van der Waals surface area contributed by atoms with Crippen molar-refractivity contribution in [1.29, 1.82) is 0 Å². The fourth-order valence-electron chi connectivity index (χ4n) is 2.47. The number of ether oxygens (including phenoxy) is 1. The van der Waals surface area contributed by atoms with Crippen LogP contribution in [0, 0.1) is 5.82 Å². The molecule has 2 nitrogen and oxygen atoms in total. The summed E-state index contributed by atoms with van der Waals surface area (Å²) >= 11 is 3.24. The minimum atomic E-state index is -0.320. The normalized spacial score (nSPS) is 18.3. The Labute approximate surface area is 122 Å². The summed E-state index contributed by atoms with van der Waals surface area (Å²) < 4.78 is 20.0. The highest BCUT2D eigenvalue weighted by molar-refractivity contribution is 9.10. The van der Waals surface area contributed by atoms with Crippen molar-refractivity contribution in [2.24, 2.45) is 0 Å². The van der Waals surface area contributed by atoms with E-state index in [-0.39, 0.29) is 11.9 Å². The molecule has 0 amide bonds. The van der Waals surface area contributed by atoms with Gasteiger partial charge in [-0.1, -0.05) is 35.2 Å². The molecule has 1 N–H and O–H groups in total. The Morgan fingerprint density at radius 3 is 2.79 bits per heavy atom. The third kappa shape index (κ3) is 4.77.